The molecule has 13 heavy (non-hydrogen) atoms. The van der Waals surface area contributed by atoms with Gasteiger partial charge in [-0.2, -0.15) is 0 Å². The largest absolute Gasteiger partial charge is 0.371 e. The summed E-state index contributed by atoms with van der Waals surface area (Å²) < 4.78 is 5.76. The highest BCUT2D eigenvalue weighted by atomic mass is 16.5. The Morgan fingerprint density at radius 2 is 2.38 bits per heavy atom. The number of ether oxygens (including phenoxy) is 1. The van der Waals surface area contributed by atoms with Crippen molar-refractivity contribution in [2.45, 2.75) is 44.8 Å². The molecule has 0 amide bonds. The van der Waals surface area contributed by atoms with E-state index in [0.717, 1.165) is 6.54 Å². The fourth-order valence-electron chi connectivity index (χ4n) is 2.14. The van der Waals surface area contributed by atoms with E-state index in [1.807, 2.05) is 0 Å². The topological polar surface area (TPSA) is 21.3 Å². The van der Waals surface area contributed by atoms with Crippen molar-refractivity contribution in [3.63, 3.8) is 0 Å². The second kappa shape index (κ2) is 4.25. The third-order valence-corrected chi connectivity index (χ3v) is 2.89. The van der Waals surface area contributed by atoms with E-state index >= 15 is 0 Å². The average Bonchev–Trinajstić information content (AvgIpc) is 2.53. The first-order valence-corrected chi connectivity index (χ1v) is 5.40. The van der Waals surface area contributed by atoms with Crippen LogP contribution in [0.4, 0.5) is 0 Å². The summed E-state index contributed by atoms with van der Waals surface area (Å²) in [5, 5.41) is 3.40. The molecule has 0 aromatic rings. The fourth-order valence-corrected chi connectivity index (χ4v) is 2.14. The van der Waals surface area contributed by atoms with Crippen LogP contribution >= 0.6 is 0 Å². The predicted molar refractivity (Wildman–Crippen MR) is 53.8 cm³/mol. The highest BCUT2D eigenvalue weighted by Gasteiger charge is 2.20. The molecule has 0 saturated carbocycles. The van der Waals surface area contributed by atoms with Crippen molar-refractivity contribution in [1.29, 1.82) is 0 Å². The zero-order valence-corrected chi connectivity index (χ0v) is 8.38. The quantitative estimate of drug-likeness (QED) is 0.623. The minimum absolute atomic E-state index is 0.407. The van der Waals surface area contributed by atoms with Crippen molar-refractivity contribution in [3.8, 4) is 0 Å². The predicted octanol–water partition coefficient (Wildman–Crippen LogP) is 1.86. The Kier molecular flexibility index (Phi) is 3.01. The molecule has 2 aliphatic heterocycles. The van der Waals surface area contributed by atoms with Crippen LogP contribution in [0.1, 0.15) is 32.6 Å². The molecule has 2 atom stereocenters. The summed E-state index contributed by atoms with van der Waals surface area (Å²) >= 11 is 0. The molecule has 2 fully saturated rings. The van der Waals surface area contributed by atoms with Crippen LogP contribution < -0.4 is 5.32 Å². The van der Waals surface area contributed by atoms with Gasteiger partial charge in [0.1, 0.15) is 0 Å². The molecule has 2 saturated heterocycles. The lowest BCUT2D eigenvalue weighted by molar-refractivity contribution is 0.0826. The molecule has 74 valence electrons. The number of hydrogen-bond acceptors (Lipinski definition) is 2. The van der Waals surface area contributed by atoms with E-state index < -0.39 is 0 Å². The lowest BCUT2D eigenvalue weighted by atomic mass is 10.0. The van der Waals surface area contributed by atoms with Crippen LogP contribution in [0.3, 0.4) is 0 Å². The highest BCUT2D eigenvalue weighted by Crippen LogP contribution is 2.22. The monoisotopic (exact) mass is 181 g/mol. The van der Waals surface area contributed by atoms with E-state index in [4.69, 9.17) is 4.74 Å². The summed E-state index contributed by atoms with van der Waals surface area (Å²) in [6.07, 6.45) is 8.21. The Labute approximate surface area is 80.4 Å². The zero-order valence-electron chi connectivity index (χ0n) is 8.38. The van der Waals surface area contributed by atoms with Gasteiger partial charge in [0.15, 0.2) is 0 Å². The molecule has 2 aliphatic rings. The van der Waals surface area contributed by atoms with E-state index in [-0.39, 0.29) is 0 Å². The molecule has 0 aliphatic carbocycles. The average molecular weight is 181 g/mol. The van der Waals surface area contributed by atoms with E-state index in [1.165, 1.54) is 32.2 Å². The highest BCUT2D eigenvalue weighted by molar-refractivity contribution is 5.10. The Morgan fingerprint density at radius 3 is 3.00 bits per heavy atom. The number of rotatable bonds is 1. The molecular weight excluding hydrogens is 162 g/mol. The van der Waals surface area contributed by atoms with Crippen molar-refractivity contribution in [2.75, 3.05) is 13.1 Å². The van der Waals surface area contributed by atoms with Crippen molar-refractivity contribution in [3.05, 3.63) is 11.6 Å². The number of hydrogen-bond donors (Lipinski definition) is 1. The molecule has 0 aromatic carbocycles. The third kappa shape index (κ3) is 2.55. The van der Waals surface area contributed by atoms with E-state index in [1.54, 1.807) is 5.57 Å². The second-order valence-electron chi connectivity index (χ2n) is 4.17. The molecule has 0 spiro atoms. The second-order valence-corrected chi connectivity index (χ2v) is 4.17. The van der Waals surface area contributed by atoms with Crippen LogP contribution in [0.15, 0.2) is 11.6 Å². The van der Waals surface area contributed by atoms with Crippen molar-refractivity contribution in [1.82, 2.24) is 5.32 Å². The van der Waals surface area contributed by atoms with Crippen molar-refractivity contribution in [2.24, 2.45) is 0 Å². The lowest BCUT2D eigenvalue weighted by Gasteiger charge is -2.17. The minimum Gasteiger partial charge on any atom is -0.371 e. The van der Waals surface area contributed by atoms with Gasteiger partial charge in [-0.05, 0) is 39.2 Å². The van der Waals surface area contributed by atoms with Crippen LogP contribution in [0, 0.1) is 0 Å². The summed E-state index contributed by atoms with van der Waals surface area (Å²) in [6, 6.07) is 0. The maximum atomic E-state index is 5.76. The molecule has 0 radical (unpaired) electrons. The van der Waals surface area contributed by atoms with Gasteiger partial charge >= 0.3 is 0 Å². The third-order valence-electron chi connectivity index (χ3n) is 2.89. The minimum atomic E-state index is 0.407. The van der Waals surface area contributed by atoms with Crippen LogP contribution in [-0.2, 0) is 4.74 Å². The molecule has 2 rings (SSSR count). The van der Waals surface area contributed by atoms with Gasteiger partial charge in [-0.3, -0.25) is 0 Å². The van der Waals surface area contributed by atoms with Gasteiger partial charge in [0.2, 0.25) is 0 Å². The summed E-state index contributed by atoms with van der Waals surface area (Å²) in [6.45, 7) is 4.42. The summed E-state index contributed by atoms with van der Waals surface area (Å²) in [5.41, 5.74) is 1.55. The van der Waals surface area contributed by atoms with Crippen LogP contribution in [-0.4, -0.2) is 25.3 Å². The van der Waals surface area contributed by atoms with Gasteiger partial charge in [0.05, 0.1) is 12.2 Å². The lowest BCUT2D eigenvalue weighted by Crippen LogP contribution is -2.24. The maximum absolute atomic E-state index is 5.76. The van der Waals surface area contributed by atoms with Crippen molar-refractivity contribution >= 4 is 0 Å². The fraction of sp³-hybridized carbons (Fsp3) is 0.818. The zero-order chi connectivity index (χ0) is 9.10. The van der Waals surface area contributed by atoms with Gasteiger partial charge in [-0.25, -0.2) is 0 Å². The van der Waals surface area contributed by atoms with Gasteiger partial charge in [0, 0.05) is 6.54 Å². The standard InChI is InChI=1S/C11H19NO/c1-9-4-5-11(13-9)7-10-3-2-6-12-8-10/h7,9,11-12H,2-6,8H2,1H3/b10-7-. The smallest absolute Gasteiger partial charge is 0.0763 e. The normalized spacial score (nSPS) is 38.4. The molecule has 1 N–H and O–H groups in total. The Hall–Kier alpha value is -0.340. The van der Waals surface area contributed by atoms with Gasteiger partial charge in [-0.15, -0.1) is 0 Å². The number of piperidine rings is 1. The van der Waals surface area contributed by atoms with E-state index in [0.29, 0.717) is 12.2 Å². The van der Waals surface area contributed by atoms with Crippen LogP contribution in [0.5, 0.6) is 0 Å². The SMILES string of the molecule is CC1CCC(/C=C2/CCCNC2)O1. The molecular formula is C11H19NO. The maximum Gasteiger partial charge on any atom is 0.0763 e. The first-order chi connectivity index (χ1) is 6.34. The Balaban J connectivity index is 1.87. The van der Waals surface area contributed by atoms with Gasteiger partial charge < -0.3 is 10.1 Å². The number of nitrogens with one attached hydrogen (secondary N) is 1. The first kappa shape index (κ1) is 9.22. The Bertz CT molecular complexity index is 192. The van der Waals surface area contributed by atoms with Crippen molar-refractivity contribution < 1.29 is 4.74 Å². The molecule has 2 unspecified atom stereocenters. The van der Waals surface area contributed by atoms with E-state index in [2.05, 4.69) is 18.3 Å². The molecule has 2 heteroatoms. The summed E-state index contributed by atoms with van der Waals surface area (Å²) in [4.78, 5) is 0. The Morgan fingerprint density at radius 1 is 1.46 bits per heavy atom. The summed E-state index contributed by atoms with van der Waals surface area (Å²) in [7, 11) is 0. The van der Waals surface area contributed by atoms with Crippen LogP contribution in [0.25, 0.3) is 0 Å². The van der Waals surface area contributed by atoms with Gasteiger partial charge in [0.25, 0.3) is 0 Å². The van der Waals surface area contributed by atoms with Gasteiger partial charge in [-0.1, -0.05) is 11.6 Å². The molecule has 2 nitrogen and oxygen atoms in total. The first-order valence-electron chi connectivity index (χ1n) is 5.40. The van der Waals surface area contributed by atoms with Crippen LogP contribution in [0.2, 0.25) is 0 Å². The van der Waals surface area contributed by atoms with E-state index in [9.17, 15) is 0 Å². The molecule has 0 aromatic heterocycles. The molecule has 0 bridgehead atoms. The molecule has 2 heterocycles. The summed E-state index contributed by atoms with van der Waals surface area (Å²) in [5.74, 6) is 0.